The first-order valence-corrected chi connectivity index (χ1v) is 14.9. The Morgan fingerprint density at radius 3 is 2.28 bits per heavy atom. The molecule has 11 heteroatoms. The lowest BCUT2D eigenvalue weighted by Gasteiger charge is -2.36. The van der Waals surface area contributed by atoms with Crippen molar-refractivity contribution in [2.45, 2.75) is 32.0 Å². The average molecular weight is 604 g/mol. The number of halogens is 1. The molecule has 10 nitrogen and oxygen atoms in total. The van der Waals surface area contributed by atoms with Crippen LogP contribution in [-0.2, 0) is 19.5 Å². The number of nitrogens with zero attached hydrogens (tertiary/aromatic N) is 5. The molecule has 0 amide bonds. The van der Waals surface area contributed by atoms with Crippen LogP contribution in [0.15, 0.2) is 79.0 Å². The lowest BCUT2D eigenvalue weighted by molar-refractivity contribution is -0.389. The molecule has 0 saturated carbocycles. The normalized spacial score (nSPS) is 16.8. The van der Waals surface area contributed by atoms with Crippen molar-refractivity contribution >= 4 is 23.1 Å². The zero-order valence-electron chi connectivity index (χ0n) is 23.8. The molecular formula is C32H34ClN5O5. The zero-order valence-corrected chi connectivity index (χ0v) is 24.6. The number of aryl methyl sites for hydroxylation is 1. The maximum absolute atomic E-state index is 11.0. The first kappa shape index (κ1) is 28.8. The number of piperazine rings is 1. The van der Waals surface area contributed by atoms with Gasteiger partial charge in [-0.05, 0) is 64.6 Å². The molecule has 224 valence electrons. The molecule has 0 spiro atoms. The van der Waals surface area contributed by atoms with Gasteiger partial charge < -0.3 is 29.2 Å². The summed E-state index contributed by atoms with van der Waals surface area (Å²) in [6, 6.07) is 24.7. The van der Waals surface area contributed by atoms with Crippen LogP contribution in [0.5, 0.6) is 17.5 Å². The largest absolute Gasteiger partial charge is 0.493 e. The molecular weight excluding hydrogens is 570 g/mol. The van der Waals surface area contributed by atoms with Gasteiger partial charge in [0.15, 0.2) is 0 Å². The molecule has 0 unspecified atom stereocenters. The fraction of sp³-hybridized carbons (Fsp3) is 0.344. The topological polar surface area (TPSA) is 95.1 Å². The summed E-state index contributed by atoms with van der Waals surface area (Å²) in [7, 11) is 0. The van der Waals surface area contributed by atoms with Crippen molar-refractivity contribution in [1.82, 2.24) is 14.5 Å². The molecule has 4 aromatic rings. The molecule has 0 aliphatic carbocycles. The second kappa shape index (κ2) is 13.4. The lowest BCUT2D eigenvalue weighted by Crippen LogP contribution is -2.45. The minimum absolute atomic E-state index is 0.199. The van der Waals surface area contributed by atoms with Crippen molar-refractivity contribution in [2.24, 2.45) is 0 Å². The van der Waals surface area contributed by atoms with E-state index in [1.165, 1.54) is 23.0 Å². The van der Waals surface area contributed by atoms with Gasteiger partial charge >= 0.3 is 11.8 Å². The molecule has 1 atom stereocenters. The SMILES string of the molecule is O=[N+]([O-])c1cn2c(n1)O[C@H](COc1ccc(N3CCN(Cc4ccc(OCCc5ccc(Cl)cc5)cc4)CC3)cc1)CC2. The van der Waals surface area contributed by atoms with Gasteiger partial charge in [0.05, 0.1) is 6.61 Å². The lowest BCUT2D eigenvalue weighted by atomic mass is 10.1. The predicted octanol–water partition coefficient (Wildman–Crippen LogP) is 5.62. The highest BCUT2D eigenvalue weighted by Crippen LogP contribution is 2.26. The van der Waals surface area contributed by atoms with E-state index >= 15 is 0 Å². The first-order chi connectivity index (χ1) is 21.0. The van der Waals surface area contributed by atoms with E-state index in [0.717, 1.165) is 55.7 Å². The number of ether oxygens (including phenoxy) is 3. The molecule has 1 saturated heterocycles. The minimum atomic E-state index is -0.511. The van der Waals surface area contributed by atoms with Gasteiger partial charge in [0, 0.05) is 67.8 Å². The summed E-state index contributed by atoms with van der Waals surface area (Å²) in [6.07, 6.45) is 2.75. The first-order valence-electron chi connectivity index (χ1n) is 14.5. The zero-order chi connectivity index (χ0) is 29.6. The number of benzene rings is 3. The van der Waals surface area contributed by atoms with E-state index in [1.54, 1.807) is 4.57 Å². The maximum Gasteiger partial charge on any atom is 0.414 e. The third-order valence-corrected chi connectivity index (χ3v) is 8.04. The molecule has 2 aliphatic heterocycles. The molecule has 1 fully saturated rings. The Morgan fingerprint density at radius 2 is 1.56 bits per heavy atom. The van der Waals surface area contributed by atoms with Crippen LogP contribution < -0.4 is 19.1 Å². The molecule has 0 N–H and O–H groups in total. The third-order valence-electron chi connectivity index (χ3n) is 7.79. The second-order valence-electron chi connectivity index (χ2n) is 10.8. The van der Waals surface area contributed by atoms with Crippen LogP contribution in [0.3, 0.4) is 0 Å². The van der Waals surface area contributed by atoms with E-state index in [0.29, 0.717) is 26.2 Å². The van der Waals surface area contributed by atoms with Crippen molar-refractivity contribution in [2.75, 3.05) is 44.3 Å². The van der Waals surface area contributed by atoms with Crippen LogP contribution >= 0.6 is 11.6 Å². The molecule has 0 bridgehead atoms. The summed E-state index contributed by atoms with van der Waals surface area (Å²) in [5.41, 5.74) is 3.67. The van der Waals surface area contributed by atoms with Gasteiger partial charge in [0.2, 0.25) is 0 Å². The molecule has 3 aromatic carbocycles. The highest BCUT2D eigenvalue weighted by atomic mass is 35.5. The number of nitro groups is 1. The Balaban J connectivity index is 0.906. The fourth-order valence-corrected chi connectivity index (χ4v) is 5.46. The predicted molar refractivity (Wildman–Crippen MR) is 164 cm³/mol. The summed E-state index contributed by atoms with van der Waals surface area (Å²) in [5.74, 6) is 1.46. The number of fused-ring (bicyclic) bond motifs is 1. The monoisotopic (exact) mass is 603 g/mol. The highest BCUT2D eigenvalue weighted by molar-refractivity contribution is 6.30. The van der Waals surface area contributed by atoms with E-state index in [1.807, 2.05) is 36.4 Å². The summed E-state index contributed by atoms with van der Waals surface area (Å²) < 4.78 is 19.4. The minimum Gasteiger partial charge on any atom is -0.493 e. The van der Waals surface area contributed by atoms with E-state index in [4.69, 9.17) is 25.8 Å². The number of rotatable bonds is 11. The van der Waals surface area contributed by atoms with Crippen molar-refractivity contribution in [3.8, 4) is 17.5 Å². The van der Waals surface area contributed by atoms with Crippen LogP contribution in [0, 0.1) is 10.1 Å². The summed E-state index contributed by atoms with van der Waals surface area (Å²) in [6.45, 7) is 6.42. The number of hydrogen-bond donors (Lipinski definition) is 0. The van der Waals surface area contributed by atoms with Crippen LogP contribution in [0.4, 0.5) is 11.5 Å². The summed E-state index contributed by atoms with van der Waals surface area (Å²) >= 11 is 5.96. The van der Waals surface area contributed by atoms with Gasteiger partial charge in [-0.25, -0.2) is 0 Å². The molecule has 2 aliphatic rings. The quantitative estimate of drug-likeness (QED) is 0.161. The van der Waals surface area contributed by atoms with Gasteiger partial charge in [-0.1, -0.05) is 35.9 Å². The van der Waals surface area contributed by atoms with Crippen molar-refractivity contribution < 1.29 is 19.1 Å². The Morgan fingerprint density at radius 1 is 0.884 bits per heavy atom. The Hall–Kier alpha value is -4.28. The van der Waals surface area contributed by atoms with Gasteiger partial charge in [-0.15, -0.1) is 0 Å². The van der Waals surface area contributed by atoms with E-state index < -0.39 is 4.92 Å². The Kier molecular flexibility index (Phi) is 8.95. The van der Waals surface area contributed by atoms with E-state index in [2.05, 4.69) is 51.2 Å². The average Bonchev–Trinajstić information content (AvgIpc) is 3.47. The standard InChI is InChI=1S/C32H34ClN5O5/c33-26-5-1-24(2-6-26)14-20-41-28-9-3-25(4-10-28)21-35-16-18-36(19-17-35)27-7-11-29(12-8-27)42-23-30-13-15-37-22-31(38(39)40)34-32(37)43-30/h1-12,22,30H,13-21,23H2/t30-/m0/s1. The van der Waals surface area contributed by atoms with Crippen LogP contribution in [0.1, 0.15) is 17.5 Å². The Bertz CT molecular complexity index is 1500. The van der Waals surface area contributed by atoms with Crippen molar-refractivity contribution in [1.29, 1.82) is 0 Å². The summed E-state index contributed by atoms with van der Waals surface area (Å²) in [4.78, 5) is 19.3. The van der Waals surface area contributed by atoms with Crippen molar-refractivity contribution in [3.05, 3.63) is 105 Å². The number of aromatic nitrogens is 2. The molecule has 3 heterocycles. The van der Waals surface area contributed by atoms with E-state index in [-0.39, 0.29) is 17.9 Å². The van der Waals surface area contributed by atoms with Crippen LogP contribution in [-0.4, -0.2) is 64.9 Å². The molecule has 6 rings (SSSR count). The van der Waals surface area contributed by atoms with E-state index in [9.17, 15) is 10.1 Å². The molecule has 43 heavy (non-hydrogen) atoms. The van der Waals surface area contributed by atoms with Crippen molar-refractivity contribution in [3.63, 3.8) is 0 Å². The summed E-state index contributed by atoms with van der Waals surface area (Å²) in [5, 5.41) is 11.7. The Labute approximate surface area is 255 Å². The van der Waals surface area contributed by atoms with Gasteiger partial charge in [-0.3, -0.25) is 9.47 Å². The number of imidazole rings is 1. The second-order valence-corrected chi connectivity index (χ2v) is 11.2. The molecule has 1 aromatic heterocycles. The van der Waals surface area contributed by atoms with Gasteiger partial charge in [0.25, 0.3) is 0 Å². The maximum atomic E-state index is 11.0. The fourth-order valence-electron chi connectivity index (χ4n) is 5.33. The van der Waals surface area contributed by atoms with Gasteiger partial charge in [0.1, 0.15) is 30.4 Å². The number of anilines is 1. The van der Waals surface area contributed by atoms with Crippen LogP contribution in [0.25, 0.3) is 0 Å². The number of hydrogen-bond acceptors (Lipinski definition) is 8. The van der Waals surface area contributed by atoms with Gasteiger partial charge in [-0.2, -0.15) is 0 Å². The highest BCUT2D eigenvalue weighted by Gasteiger charge is 2.28. The van der Waals surface area contributed by atoms with Crippen LogP contribution in [0.2, 0.25) is 5.02 Å². The molecule has 0 radical (unpaired) electrons. The third kappa shape index (κ3) is 7.57. The smallest absolute Gasteiger partial charge is 0.414 e.